The van der Waals surface area contributed by atoms with Gasteiger partial charge in [-0.3, -0.25) is 9.89 Å². The molecule has 1 amide bonds. The van der Waals surface area contributed by atoms with E-state index in [1.807, 2.05) is 13.0 Å². The van der Waals surface area contributed by atoms with E-state index in [0.29, 0.717) is 19.4 Å². The van der Waals surface area contributed by atoms with Gasteiger partial charge in [-0.2, -0.15) is 10.4 Å². The summed E-state index contributed by atoms with van der Waals surface area (Å²) in [6, 6.07) is 1.95. The maximum Gasteiger partial charge on any atom is 0.237 e. The highest BCUT2D eigenvalue weighted by molar-refractivity contribution is 5.80. The average molecular weight is 207 g/mol. The van der Waals surface area contributed by atoms with Gasteiger partial charge in [0.05, 0.1) is 6.07 Å². The molecule has 1 unspecified atom stereocenters. The molecule has 0 saturated heterocycles. The number of carbonyl (C=O) groups excluding carboxylic acids is 1. The van der Waals surface area contributed by atoms with Crippen LogP contribution < -0.4 is 5.32 Å². The van der Waals surface area contributed by atoms with Crippen LogP contribution in [0.4, 0.5) is 0 Å². The van der Waals surface area contributed by atoms with Crippen LogP contribution in [-0.4, -0.2) is 27.6 Å². The number of rotatable bonds is 5. The summed E-state index contributed by atoms with van der Waals surface area (Å²) >= 11 is 0. The van der Waals surface area contributed by atoms with Crippen molar-refractivity contribution in [2.24, 2.45) is 5.92 Å². The molecule has 2 N–H and O–H groups in total. The molecule has 0 spiro atoms. The van der Waals surface area contributed by atoms with E-state index in [4.69, 9.17) is 5.26 Å². The highest BCUT2D eigenvalue weighted by Gasteiger charge is 2.14. The predicted octanol–water partition coefficient (Wildman–Crippen LogP) is 0.0132. The third-order valence-electron chi connectivity index (χ3n) is 2.01. The second kappa shape index (κ2) is 5.75. The summed E-state index contributed by atoms with van der Waals surface area (Å²) in [6.07, 6.45) is 2.54. The maximum absolute atomic E-state index is 11.4. The van der Waals surface area contributed by atoms with Gasteiger partial charge in [-0.1, -0.05) is 6.92 Å². The number of hydrogen-bond donors (Lipinski definition) is 2. The first-order valence-electron chi connectivity index (χ1n) is 4.79. The fourth-order valence-corrected chi connectivity index (χ4v) is 1.11. The van der Waals surface area contributed by atoms with E-state index in [2.05, 4.69) is 20.5 Å². The molecule has 1 rings (SSSR count). The Morgan fingerprint density at radius 1 is 1.80 bits per heavy atom. The molecule has 0 aromatic carbocycles. The minimum absolute atomic E-state index is 0.223. The van der Waals surface area contributed by atoms with E-state index >= 15 is 0 Å². The summed E-state index contributed by atoms with van der Waals surface area (Å²) in [7, 11) is 0. The summed E-state index contributed by atoms with van der Waals surface area (Å²) in [5.41, 5.74) is 0. The lowest BCUT2D eigenvalue weighted by Crippen LogP contribution is -2.31. The summed E-state index contributed by atoms with van der Waals surface area (Å²) in [5.74, 6) is -0.0560. The van der Waals surface area contributed by atoms with Gasteiger partial charge in [0.2, 0.25) is 5.91 Å². The van der Waals surface area contributed by atoms with Gasteiger partial charge in [-0.15, -0.1) is 0 Å². The lowest BCUT2D eigenvalue weighted by molar-refractivity contribution is -0.123. The van der Waals surface area contributed by atoms with E-state index in [-0.39, 0.29) is 5.91 Å². The SMILES string of the molecule is CCC(C#N)C(=O)NCCc1ncn[nH]1. The minimum atomic E-state index is -0.556. The van der Waals surface area contributed by atoms with Crippen molar-refractivity contribution in [3.8, 4) is 6.07 Å². The first-order valence-corrected chi connectivity index (χ1v) is 4.79. The van der Waals surface area contributed by atoms with Crippen LogP contribution in [0.25, 0.3) is 0 Å². The Bertz CT molecular complexity index is 340. The van der Waals surface area contributed by atoms with Crippen molar-refractivity contribution < 1.29 is 4.79 Å². The van der Waals surface area contributed by atoms with Gasteiger partial charge < -0.3 is 5.32 Å². The largest absolute Gasteiger partial charge is 0.355 e. The first kappa shape index (κ1) is 11.2. The predicted molar refractivity (Wildman–Crippen MR) is 52.5 cm³/mol. The van der Waals surface area contributed by atoms with Crippen molar-refractivity contribution in [2.45, 2.75) is 19.8 Å². The Balaban J connectivity index is 2.26. The van der Waals surface area contributed by atoms with Gasteiger partial charge in [-0.25, -0.2) is 4.98 Å². The minimum Gasteiger partial charge on any atom is -0.355 e. The number of aromatic amines is 1. The molecule has 15 heavy (non-hydrogen) atoms. The number of H-pyrrole nitrogens is 1. The molecule has 1 heterocycles. The van der Waals surface area contributed by atoms with Crippen LogP contribution in [0.15, 0.2) is 6.33 Å². The van der Waals surface area contributed by atoms with Gasteiger partial charge in [0.1, 0.15) is 18.1 Å². The van der Waals surface area contributed by atoms with E-state index in [1.165, 1.54) is 6.33 Å². The summed E-state index contributed by atoms with van der Waals surface area (Å²) in [6.45, 7) is 2.27. The number of amides is 1. The zero-order chi connectivity index (χ0) is 11.1. The number of nitrogens with one attached hydrogen (secondary N) is 2. The molecule has 0 aliphatic rings. The molecule has 6 nitrogen and oxygen atoms in total. The topological polar surface area (TPSA) is 94.5 Å². The second-order valence-corrected chi connectivity index (χ2v) is 3.06. The van der Waals surface area contributed by atoms with Crippen LogP contribution in [0.1, 0.15) is 19.2 Å². The molecule has 80 valence electrons. The maximum atomic E-state index is 11.4. The van der Waals surface area contributed by atoms with Crippen molar-refractivity contribution in [3.05, 3.63) is 12.2 Å². The summed E-state index contributed by atoms with van der Waals surface area (Å²) in [4.78, 5) is 15.3. The summed E-state index contributed by atoms with van der Waals surface area (Å²) < 4.78 is 0. The van der Waals surface area contributed by atoms with Gasteiger partial charge in [0.15, 0.2) is 0 Å². The fraction of sp³-hybridized carbons (Fsp3) is 0.556. The highest BCUT2D eigenvalue weighted by atomic mass is 16.1. The molecule has 0 bridgehead atoms. The molecule has 0 fully saturated rings. The Hall–Kier alpha value is -1.90. The van der Waals surface area contributed by atoms with Crippen molar-refractivity contribution >= 4 is 5.91 Å². The molecule has 1 atom stereocenters. The van der Waals surface area contributed by atoms with Gasteiger partial charge in [-0.05, 0) is 6.42 Å². The van der Waals surface area contributed by atoms with Crippen molar-refractivity contribution in [2.75, 3.05) is 6.54 Å². The fourth-order valence-electron chi connectivity index (χ4n) is 1.11. The quantitative estimate of drug-likeness (QED) is 0.711. The Kier molecular flexibility index (Phi) is 4.29. The van der Waals surface area contributed by atoms with Crippen molar-refractivity contribution in [3.63, 3.8) is 0 Å². The molecule has 0 saturated carbocycles. The highest BCUT2D eigenvalue weighted by Crippen LogP contribution is 1.99. The van der Waals surface area contributed by atoms with Gasteiger partial charge >= 0.3 is 0 Å². The number of carbonyl (C=O) groups is 1. The van der Waals surface area contributed by atoms with Crippen LogP contribution in [-0.2, 0) is 11.2 Å². The van der Waals surface area contributed by atoms with E-state index in [0.717, 1.165) is 5.82 Å². The average Bonchev–Trinajstić information content (AvgIpc) is 2.72. The lowest BCUT2D eigenvalue weighted by Gasteiger charge is -2.06. The monoisotopic (exact) mass is 207 g/mol. The van der Waals surface area contributed by atoms with E-state index < -0.39 is 5.92 Å². The number of hydrogen-bond acceptors (Lipinski definition) is 4. The molecule has 6 heteroatoms. The molecular weight excluding hydrogens is 194 g/mol. The zero-order valence-corrected chi connectivity index (χ0v) is 8.53. The normalized spacial score (nSPS) is 11.7. The molecule has 1 aromatic rings. The zero-order valence-electron chi connectivity index (χ0n) is 8.53. The molecule has 0 aliphatic heterocycles. The number of nitriles is 1. The summed E-state index contributed by atoms with van der Waals surface area (Å²) in [5, 5.41) is 17.7. The smallest absolute Gasteiger partial charge is 0.237 e. The number of aromatic nitrogens is 3. The third-order valence-corrected chi connectivity index (χ3v) is 2.01. The third kappa shape index (κ3) is 3.38. The Morgan fingerprint density at radius 2 is 2.60 bits per heavy atom. The van der Waals surface area contributed by atoms with Crippen LogP contribution in [0.5, 0.6) is 0 Å². The van der Waals surface area contributed by atoms with Gasteiger partial charge in [0.25, 0.3) is 0 Å². The van der Waals surface area contributed by atoms with Crippen molar-refractivity contribution in [1.82, 2.24) is 20.5 Å². The Morgan fingerprint density at radius 3 is 3.13 bits per heavy atom. The lowest BCUT2D eigenvalue weighted by atomic mass is 10.1. The van der Waals surface area contributed by atoms with Crippen LogP contribution in [0.2, 0.25) is 0 Å². The van der Waals surface area contributed by atoms with E-state index in [9.17, 15) is 4.79 Å². The van der Waals surface area contributed by atoms with Crippen LogP contribution in [0.3, 0.4) is 0 Å². The van der Waals surface area contributed by atoms with Crippen LogP contribution >= 0.6 is 0 Å². The first-order chi connectivity index (χ1) is 7.27. The van der Waals surface area contributed by atoms with Crippen LogP contribution in [0, 0.1) is 17.2 Å². The molecule has 0 aliphatic carbocycles. The van der Waals surface area contributed by atoms with Gasteiger partial charge in [0, 0.05) is 13.0 Å². The molecular formula is C9H13N5O. The molecule has 0 radical (unpaired) electrons. The number of nitrogens with zero attached hydrogens (tertiary/aromatic N) is 3. The van der Waals surface area contributed by atoms with E-state index in [1.54, 1.807) is 0 Å². The van der Waals surface area contributed by atoms with Crippen molar-refractivity contribution in [1.29, 1.82) is 5.26 Å². The standard InChI is InChI=1S/C9H13N5O/c1-2-7(5-10)9(15)11-4-3-8-12-6-13-14-8/h6-7H,2-4H2,1H3,(H,11,15)(H,12,13,14). The Labute approximate surface area is 87.7 Å². The second-order valence-electron chi connectivity index (χ2n) is 3.06. The molecule has 1 aromatic heterocycles.